The van der Waals surface area contributed by atoms with Crippen LogP contribution in [0.2, 0.25) is 0 Å². The molecule has 0 saturated carbocycles. The van der Waals surface area contributed by atoms with Crippen molar-refractivity contribution >= 4 is 0 Å². The summed E-state index contributed by atoms with van der Waals surface area (Å²) in [5.41, 5.74) is 4.30. The molecule has 0 radical (unpaired) electrons. The van der Waals surface area contributed by atoms with Gasteiger partial charge < -0.3 is 4.74 Å². The quantitative estimate of drug-likeness (QED) is 0.686. The standard InChI is InChI=1S/C18H22O/c1-2-8-15(9-3-1)14-19-18(16-10-4-5-11-16)17-12-6-7-13-17/h1-3,8-10,12,18H,4-7,11,13-14H2. The molecule has 2 aliphatic rings. The van der Waals surface area contributed by atoms with Gasteiger partial charge in [-0.05, 0) is 55.2 Å². The fraction of sp³-hybridized carbons (Fsp3) is 0.444. The van der Waals surface area contributed by atoms with Gasteiger partial charge >= 0.3 is 0 Å². The summed E-state index contributed by atoms with van der Waals surface area (Å²) in [6, 6.07) is 10.5. The largest absolute Gasteiger partial charge is 0.365 e. The zero-order valence-corrected chi connectivity index (χ0v) is 11.5. The van der Waals surface area contributed by atoms with Gasteiger partial charge in [-0.15, -0.1) is 0 Å². The maximum atomic E-state index is 6.26. The molecule has 0 aromatic heterocycles. The van der Waals surface area contributed by atoms with E-state index in [1.807, 2.05) is 0 Å². The van der Waals surface area contributed by atoms with Crippen molar-refractivity contribution in [1.29, 1.82) is 0 Å². The molecule has 0 amide bonds. The number of allylic oxidation sites excluding steroid dienone is 2. The first-order chi connectivity index (χ1) is 9.43. The third-order valence-corrected chi connectivity index (χ3v) is 4.09. The van der Waals surface area contributed by atoms with Crippen molar-refractivity contribution in [2.45, 2.75) is 51.2 Å². The highest BCUT2D eigenvalue weighted by molar-refractivity contribution is 5.28. The molecule has 0 heterocycles. The van der Waals surface area contributed by atoms with E-state index >= 15 is 0 Å². The molecule has 0 N–H and O–H groups in total. The molecule has 0 unspecified atom stereocenters. The van der Waals surface area contributed by atoms with E-state index in [-0.39, 0.29) is 6.10 Å². The minimum Gasteiger partial charge on any atom is -0.365 e. The summed E-state index contributed by atoms with van der Waals surface area (Å²) >= 11 is 0. The zero-order chi connectivity index (χ0) is 12.9. The van der Waals surface area contributed by atoms with Gasteiger partial charge in [0.1, 0.15) is 0 Å². The second-order valence-corrected chi connectivity index (χ2v) is 5.52. The molecule has 0 saturated heterocycles. The molecule has 1 nitrogen and oxygen atoms in total. The Hall–Kier alpha value is -1.34. The van der Waals surface area contributed by atoms with Gasteiger partial charge in [-0.25, -0.2) is 0 Å². The predicted octanol–water partition coefficient (Wildman–Crippen LogP) is 4.79. The molecular formula is C18H22O. The van der Waals surface area contributed by atoms with Crippen molar-refractivity contribution in [3.05, 3.63) is 59.2 Å². The molecule has 1 aromatic carbocycles. The second kappa shape index (κ2) is 6.21. The third kappa shape index (κ3) is 3.16. The van der Waals surface area contributed by atoms with E-state index in [0.29, 0.717) is 0 Å². The van der Waals surface area contributed by atoms with Crippen LogP contribution in [0.1, 0.15) is 44.1 Å². The van der Waals surface area contributed by atoms with Crippen LogP contribution in [0.4, 0.5) is 0 Å². The first kappa shape index (κ1) is 12.7. The number of ether oxygens (including phenoxy) is 1. The van der Waals surface area contributed by atoms with E-state index < -0.39 is 0 Å². The van der Waals surface area contributed by atoms with E-state index in [4.69, 9.17) is 4.74 Å². The lowest BCUT2D eigenvalue weighted by atomic mass is 10.0. The highest BCUT2D eigenvalue weighted by Gasteiger charge is 2.23. The molecule has 1 aromatic rings. The topological polar surface area (TPSA) is 9.23 Å². The molecule has 0 atom stereocenters. The SMILES string of the molecule is C1=C(C(OCc2ccccc2)C2=CCCC2)CCC1. The Morgan fingerprint density at radius 1 is 0.895 bits per heavy atom. The van der Waals surface area contributed by atoms with Gasteiger partial charge in [-0.2, -0.15) is 0 Å². The Bertz CT molecular complexity index is 446. The summed E-state index contributed by atoms with van der Waals surface area (Å²) in [6.45, 7) is 0.722. The molecule has 1 heteroatoms. The molecule has 0 aliphatic heterocycles. The minimum absolute atomic E-state index is 0.255. The third-order valence-electron chi connectivity index (χ3n) is 4.09. The summed E-state index contributed by atoms with van der Waals surface area (Å²) in [7, 11) is 0. The number of hydrogen-bond donors (Lipinski definition) is 0. The molecule has 3 rings (SSSR count). The van der Waals surface area contributed by atoms with Crippen LogP contribution in [-0.2, 0) is 11.3 Å². The van der Waals surface area contributed by atoms with Crippen LogP contribution in [0, 0.1) is 0 Å². The van der Waals surface area contributed by atoms with Gasteiger partial charge in [0.15, 0.2) is 0 Å². The van der Waals surface area contributed by atoms with E-state index in [1.165, 1.54) is 55.2 Å². The summed E-state index contributed by atoms with van der Waals surface area (Å²) < 4.78 is 6.26. The number of benzene rings is 1. The smallest absolute Gasteiger partial charge is 0.1000 e. The molecule has 2 aliphatic carbocycles. The first-order valence-electron chi connectivity index (χ1n) is 7.47. The lowest BCUT2D eigenvalue weighted by Crippen LogP contribution is -2.17. The lowest BCUT2D eigenvalue weighted by molar-refractivity contribution is 0.0842. The summed E-state index contributed by atoms with van der Waals surface area (Å²) in [4.78, 5) is 0. The average Bonchev–Trinajstić information content (AvgIpc) is 3.13. The number of rotatable bonds is 5. The van der Waals surface area contributed by atoms with Crippen LogP contribution in [-0.4, -0.2) is 6.10 Å². The number of hydrogen-bond acceptors (Lipinski definition) is 1. The van der Waals surface area contributed by atoms with Crippen molar-refractivity contribution in [2.75, 3.05) is 0 Å². The van der Waals surface area contributed by atoms with Crippen LogP contribution in [0.5, 0.6) is 0 Å². The van der Waals surface area contributed by atoms with Crippen molar-refractivity contribution in [3.63, 3.8) is 0 Å². The van der Waals surface area contributed by atoms with E-state index in [1.54, 1.807) is 0 Å². The van der Waals surface area contributed by atoms with Crippen LogP contribution in [0.15, 0.2) is 53.6 Å². The summed E-state index contributed by atoms with van der Waals surface area (Å²) in [5, 5.41) is 0. The lowest BCUT2D eigenvalue weighted by Gasteiger charge is -2.21. The van der Waals surface area contributed by atoms with Gasteiger partial charge in [0, 0.05) is 0 Å². The highest BCUT2D eigenvalue weighted by atomic mass is 16.5. The fourth-order valence-corrected chi connectivity index (χ4v) is 3.07. The zero-order valence-electron chi connectivity index (χ0n) is 11.5. The van der Waals surface area contributed by atoms with Gasteiger partial charge in [0.2, 0.25) is 0 Å². The molecule has 19 heavy (non-hydrogen) atoms. The molecule has 0 spiro atoms. The Morgan fingerprint density at radius 3 is 2.05 bits per heavy atom. The summed E-state index contributed by atoms with van der Waals surface area (Å²) in [5.74, 6) is 0. The summed E-state index contributed by atoms with van der Waals surface area (Å²) in [6.07, 6.45) is 12.5. The second-order valence-electron chi connectivity index (χ2n) is 5.52. The molecule has 0 bridgehead atoms. The maximum absolute atomic E-state index is 6.26. The van der Waals surface area contributed by atoms with Crippen molar-refractivity contribution in [1.82, 2.24) is 0 Å². The van der Waals surface area contributed by atoms with Gasteiger partial charge in [0.05, 0.1) is 12.7 Å². The van der Waals surface area contributed by atoms with Crippen LogP contribution >= 0.6 is 0 Å². The van der Waals surface area contributed by atoms with Crippen LogP contribution < -0.4 is 0 Å². The Kier molecular flexibility index (Phi) is 4.14. The Morgan fingerprint density at radius 2 is 1.53 bits per heavy atom. The van der Waals surface area contributed by atoms with Gasteiger partial charge in [-0.3, -0.25) is 0 Å². The molecule has 0 fully saturated rings. The fourth-order valence-electron chi connectivity index (χ4n) is 3.07. The van der Waals surface area contributed by atoms with Crippen molar-refractivity contribution < 1.29 is 4.74 Å². The van der Waals surface area contributed by atoms with E-state index in [9.17, 15) is 0 Å². The molecular weight excluding hydrogens is 232 g/mol. The first-order valence-corrected chi connectivity index (χ1v) is 7.47. The van der Waals surface area contributed by atoms with Crippen molar-refractivity contribution in [3.8, 4) is 0 Å². The van der Waals surface area contributed by atoms with E-state index in [0.717, 1.165) is 6.61 Å². The monoisotopic (exact) mass is 254 g/mol. The van der Waals surface area contributed by atoms with Crippen molar-refractivity contribution in [2.24, 2.45) is 0 Å². The Labute approximate surface area is 116 Å². The normalized spacial score (nSPS) is 18.8. The average molecular weight is 254 g/mol. The van der Waals surface area contributed by atoms with Gasteiger partial charge in [-0.1, -0.05) is 42.5 Å². The van der Waals surface area contributed by atoms with Gasteiger partial charge in [0.25, 0.3) is 0 Å². The predicted molar refractivity (Wildman–Crippen MR) is 78.9 cm³/mol. The minimum atomic E-state index is 0.255. The van der Waals surface area contributed by atoms with E-state index in [2.05, 4.69) is 42.5 Å². The van der Waals surface area contributed by atoms with Crippen LogP contribution in [0.25, 0.3) is 0 Å². The molecule has 100 valence electrons. The Balaban J connectivity index is 1.69. The maximum Gasteiger partial charge on any atom is 0.1000 e. The highest BCUT2D eigenvalue weighted by Crippen LogP contribution is 2.32. The van der Waals surface area contributed by atoms with Crippen LogP contribution in [0.3, 0.4) is 0 Å².